The molecule has 0 saturated carbocycles. The smallest absolute Gasteiger partial charge is 0.291 e. The molecule has 0 amide bonds. The Morgan fingerprint density at radius 2 is 2.13 bits per heavy atom. The van der Waals surface area contributed by atoms with Gasteiger partial charge in [0.05, 0.1) is 10.2 Å². The zero-order chi connectivity index (χ0) is 15.3. The number of aliphatic imine (C=N–C) groups is 1. The van der Waals surface area contributed by atoms with Gasteiger partial charge in [-0.3, -0.25) is 10.2 Å². The van der Waals surface area contributed by atoms with Gasteiger partial charge in [-0.2, -0.15) is 0 Å². The summed E-state index contributed by atoms with van der Waals surface area (Å²) in [5.74, 6) is 0.676. The van der Waals surface area contributed by atoms with Gasteiger partial charge in [-0.1, -0.05) is 23.5 Å². The molecule has 23 heavy (non-hydrogen) atoms. The van der Waals surface area contributed by atoms with Gasteiger partial charge < -0.3 is 4.74 Å². The molecule has 1 aromatic carbocycles. The van der Waals surface area contributed by atoms with Crippen LogP contribution in [-0.2, 0) is 4.74 Å². The summed E-state index contributed by atoms with van der Waals surface area (Å²) in [5, 5.41) is 4.18. The van der Waals surface area contributed by atoms with E-state index in [9.17, 15) is 0 Å². The van der Waals surface area contributed by atoms with E-state index >= 15 is 0 Å². The number of para-hydroxylation sites is 1. The monoisotopic (exact) mass is 328 g/mol. The van der Waals surface area contributed by atoms with Crippen LogP contribution in [0.2, 0.25) is 0 Å². The number of thiazole rings is 1. The van der Waals surface area contributed by atoms with Crippen LogP contribution in [0, 0.1) is 5.92 Å². The molecule has 120 valence electrons. The molecule has 1 N–H and O–H groups in total. The van der Waals surface area contributed by atoms with E-state index in [-0.39, 0.29) is 5.60 Å². The number of anilines is 1. The van der Waals surface area contributed by atoms with Crippen molar-refractivity contribution in [1.29, 1.82) is 0 Å². The Morgan fingerprint density at radius 3 is 2.91 bits per heavy atom. The summed E-state index contributed by atoms with van der Waals surface area (Å²) in [6, 6.07) is 8.85. The highest BCUT2D eigenvalue weighted by atomic mass is 32.1. The van der Waals surface area contributed by atoms with Crippen LogP contribution in [0.15, 0.2) is 29.3 Å². The number of aromatic nitrogens is 1. The second-order valence-corrected chi connectivity index (χ2v) is 7.80. The lowest BCUT2D eigenvalue weighted by atomic mass is 9.73. The van der Waals surface area contributed by atoms with E-state index in [0.717, 1.165) is 30.2 Å². The number of hydrogen-bond acceptors (Lipinski definition) is 6. The van der Waals surface area contributed by atoms with Gasteiger partial charge in [0.15, 0.2) is 5.13 Å². The van der Waals surface area contributed by atoms with Gasteiger partial charge in [-0.05, 0) is 38.1 Å². The van der Waals surface area contributed by atoms with E-state index in [4.69, 9.17) is 4.74 Å². The third kappa shape index (κ3) is 2.32. The Morgan fingerprint density at radius 1 is 1.26 bits per heavy atom. The zero-order valence-corrected chi connectivity index (χ0v) is 13.8. The van der Waals surface area contributed by atoms with Gasteiger partial charge >= 0.3 is 0 Å². The number of piperidine rings is 3. The van der Waals surface area contributed by atoms with Gasteiger partial charge in [0.2, 0.25) is 0 Å². The maximum Gasteiger partial charge on any atom is 0.291 e. The van der Waals surface area contributed by atoms with Crippen LogP contribution < -0.4 is 5.32 Å². The summed E-state index contributed by atoms with van der Waals surface area (Å²) in [7, 11) is 0. The summed E-state index contributed by atoms with van der Waals surface area (Å²) in [4.78, 5) is 11.7. The second kappa shape index (κ2) is 5.18. The fourth-order valence-electron chi connectivity index (χ4n) is 4.23. The Kier molecular flexibility index (Phi) is 3.09. The number of nitrogens with one attached hydrogen (secondary N) is 1. The predicted octanol–water partition coefficient (Wildman–Crippen LogP) is 2.95. The van der Waals surface area contributed by atoms with Crippen molar-refractivity contribution in [2.45, 2.75) is 24.9 Å². The van der Waals surface area contributed by atoms with Crippen LogP contribution in [0.25, 0.3) is 10.2 Å². The van der Waals surface area contributed by atoms with Crippen LogP contribution >= 0.6 is 11.3 Å². The summed E-state index contributed by atoms with van der Waals surface area (Å²) < 4.78 is 7.60. The van der Waals surface area contributed by atoms with Crippen molar-refractivity contribution in [1.82, 2.24) is 9.88 Å². The summed E-state index contributed by atoms with van der Waals surface area (Å²) in [6.07, 6.45) is 3.56. The largest absolute Gasteiger partial charge is 0.457 e. The molecule has 1 unspecified atom stereocenters. The first-order valence-electron chi connectivity index (χ1n) is 8.39. The Bertz CT molecular complexity index is 732. The molecule has 6 rings (SSSR count). The number of benzene rings is 1. The summed E-state index contributed by atoms with van der Waals surface area (Å²) in [5.41, 5.74) is 0.992. The molecule has 1 atom stereocenters. The molecule has 6 heteroatoms. The van der Waals surface area contributed by atoms with Crippen molar-refractivity contribution in [3.8, 4) is 0 Å². The third-order valence-corrected chi connectivity index (χ3v) is 6.37. The lowest BCUT2D eigenvalue weighted by Gasteiger charge is -2.53. The number of rotatable bonds is 1. The van der Waals surface area contributed by atoms with Crippen LogP contribution in [0.1, 0.15) is 19.3 Å². The number of nitrogens with zero attached hydrogens (tertiary/aromatic N) is 3. The van der Waals surface area contributed by atoms with E-state index in [1.807, 2.05) is 18.2 Å². The average molecular weight is 328 g/mol. The van der Waals surface area contributed by atoms with Crippen molar-refractivity contribution in [3.63, 3.8) is 0 Å². The number of hydrogen-bond donors (Lipinski definition) is 1. The first-order chi connectivity index (χ1) is 11.3. The van der Waals surface area contributed by atoms with Crippen molar-refractivity contribution >= 4 is 32.7 Å². The van der Waals surface area contributed by atoms with Gasteiger partial charge in [0.1, 0.15) is 5.60 Å². The minimum absolute atomic E-state index is 0.0305. The Labute approximate surface area is 139 Å². The molecular formula is C17H20N4OS. The molecule has 5 nitrogen and oxygen atoms in total. The molecule has 5 heterocycles. The highest BCUT2D eigenvalue weighted by Gasteiger charge is 2.50. The quantitative estimate of drug-likeness (QED) is 0.874. The van der Waals surface area contributed by atoms with Gasteiger partial charge in [-0.15, -0.1) is 0 Å². The predicted molar refractivity (Wildman–Crippen MR) is 93.1 cm³/mol. The summed E-state index contributed by atoms with van der Waals surface area (Å²) >= 11 is 1.65. The highest BCUT2D eigenvalue weighted by molar-refractivity contribution is 7.22. The van der Waals surface area contributed by atoms with Crippen LogP contribution in [-0.4, -0.2) is 47.7 Å². The fraction of sp³-hybridized carbons (Fsp3) is 0.529. The molecule has 3 fully saturated rings. The van der Waals surface area contributed by atoms with E-state index in [1.165, 1.54) is 30.6 Å². The molecule has 0 aliphatic carbocycles. The molecule has 0 radical (unpaired) electrons. The lowest BCUT2D eigenvalue weighted by Crippen LogP contribution is -2.62. The minimum atomic E-state index is -0.0305. The second-order valence-electron chi connectivity index (χ2n) is 6.77. The number of amidine groups is 1. The Hall–Kier alpha value is -1.66. The molecular weight excluding hydrogens is 308 g/mol. The van der Waals surface area contributed by atoms with Crippen LogP contribution in [0.3, 0.4) is 0 Å². The van der Waals surface area contributed by atoms with Crippen molar-refractivity contribution in [2.24, 2.45) is 10.9 Å². The topological polar surface area (TPSA) is 49.8 Å². The molecule has 1 spiro atoms. The van der Waals surface area contributed by atoms with Gasteiger partial charge in [0, 0.05) is 25.4 Å². The van der Waals surface area contributed by atoms with E-state index in [1.54, 1.807) is 11.3 Å². The molecule has 4 aliphatic rings. The first-order valence-corrected chi connectivity index (χ1v) is 9.21. The number of fused-ring (bicyclic) bond motifs is 3. The van der Waals surface area contributed by atoms with Crippen molar-refractivity contribution in [3.05, 3.63) is 24.3 Å². The van der Waals surface area contributed by atoms with Crippen LogP contribution in [0.5, 0.6) is 0 Å². The normalized spacial score (nSPS) is 32.8. The van der Waals surface area contributed by atoms with Crippen molar-refractivity contribution in [2.75, 3.05) is 31.5 Å². The molecule has 3 saturated heterocycles. The van der Waals surface area contributed by atoms with E-state index in [0.29, 0.717) is 11.9 Å². The number of ether oxygens (including phenoxy) is 1. The van der Waals surface area contributed by atoms with Crippen molar-refractivity contribution < 1.29 is 4.74 Å². The molecule has 1 aromatic heterocycles. The SMILES string of the molecule is c1ccc2sc(NC3=NCCC4(CN5CCC4CC5)O3)nc2c1. The van der Waals surface area contributed by atoms with E-state index < -0.39 is 0 Å². The molecule has 2 aromatic rings. The third-order valence-electron chi connectivity index (χ3n) is 5.42. The fourth-order valence-corrected chi connectivity index (χ4v) is 5.08. The molecule has 4 aliphatic heterocycles. The first kappa shape index (κ1) is 13.7. The summed E-state index contributed by atoms with van der Waals surface area (Å²) in [6.45, 7) is 4.36. The van der Waals surface area contributed by atoms with Gasteiger partial charge in [-0.25, -0.2) is 9.98 Å². The highest BCUT2D eigenvalue weighted by Crippen LogP contribution is 2.42. The average Bonchev–Trinajstić information content (AvgIpc) is 2.98. The molecule has 2 bridgehead atoms. The lowest BCUT2D eigenvalue weighted by molar-refractivity contribution is -0.109. The maximum absolute atomic E-state index is 6.41. The Balaban J connectivity index is 1.38. The van der Waals surface area contributed by atoms with Crippen LogP contribution in [0.4, 0.5) is 5.13 Å². The van der Waals surface area contributed by atoms with Gasteiger partial charge in [0.25, 0.3) is 6.02 Å². The minimum Gasteiger partial charge on any atom is -0.457 e. The maximum atomic E-state index is 6.41. The standard InChI is InChI=1S/C17H20N4OS/c1-2-4-14-13(3-1)19-16(23-14)20-15-18-8-7-17(22-15)11-21-9-5-12(17)6-10-21/h1-4,12H,5-11H2,(H,18,19,20). The zero-order valence-electron chi connectivity index (χ0n) is 13.0. The van der Waals surface area contributed by atoms with E-state index in [2.05, 4.69) is 26.3 Å².